The molecule has 1 heterocycles. The Balaban J connectivity index is 2.01. The van der Waals surface area contributed by atoms with Gasteiger partial charge in [0.2, 0.25) is 10.0 Å². The van der Waals surface area contributed by atoms with Crippen LogP contribution in [0.25, 0.3) is 10.9 Å². The first kappa shape index (κ1) is 18.8. The SMILES string of the molecule is CNS(=O)(=O)c1cccc(CNc2c(C#N)cnc3c(C)cc(C)cc23)c1. The average Bonchev–Trinajstić information content (AvgIpc) is 2.66. The normalized spacial score (nSPS) is 11.3. The van der Waals surface area contributed by atoms with Crippen LogP contribution < -0.4 is 10.0 Å². The van der Waals surface area contributed by atoms with E-state index in [9.17, 15) is 13.7 Å². The van der Waals surface area contributed by atoms with E-state index in [2.05, 4.69) is 27.2 Å². The third-order valence-electron chi connectivity index (χ3n) is 4.37. The van der Waals surface area contributed by atoms with Gasteiger partial charge in [0, 0.05) is 18.1 Å². The molecule has 0 aliphatic carbocycles. The molecular weight excluding hydrogens is 360 g/mol. The molecule has 3 rings (SSSR count). The molecule has 6 nitrogen and oxygen atoms in total. The number of hydrogen-bond acceptors (Lipinski definition) is 5. The molecule has 0 radical (unpaired) electrons. The van der Waals surface area contributed by atoms with Gasteiger partial charge in [-0.15, -0.1) is 0 Å². The number of nitriles is 1. The van der Waals surface area contributed by atoms with Gasteiger partial charge in [0.25, 0.3) is 0 Å². The molecule has 3 aromatic rings. The summed E-state index contributed by atoms with van der Waals surface area (Å²) in [6.45, 7) is 4.37. The highest BCUT2D eigenvalue weighted by atomic mass is 32.2. The van der Waals surface area contributed by atoms with E-state index in [4.69, 9.17) is 0 Å². The number of nitrogens with zero attached hydrogens (tertiary/aromatic N) is 2. The summed E-state index contributed by atoms with van der Waals surface area (Å²) in [6.07, 6.45) is 1.56. The van der Waals surface area contributed by atoms with Crippen LogP contribution in [0.15, 0.2) is 47.5 Å². The Morgan fingerprint density at radius 3 is 2.67 bits per heavy atom. The van der Waals surface area contributed by atoms with Crippen LogP contribution in [0.2, 0.25) is 0 Å². The van der Waals surface area contributed by atoms with E-state index >= 15 is 0 Å². The highest BCUT2D eigenvalue weighted by molar-refractivity contribution is 7.89. The van der Waals surface area contributed by atoms with Gasteiger partial charge < -0.3 is 5.32 Å². The maximum absolute atomic E-state index is 12.0. The number of aromatic nitrogens is 1. The van der Waals surface area contributed by atoms with E-state index in [1.54, 1.807) is 24.4 Å². The second-order valence-corrected chi connectivity index (χ2v) is 8.23. The van der Waals surface area contributed by atoms with E-state index in [-0.39, 0.29) is 4.90 Å². The molecule has 27 heavy (non-hydrogen) atoms. The standard InChI is InChI=1S/C20H20N4O2S/c1-13-7-14(2)19-18(8-13)20(16(10-21)12-24-19)23-11-15-5-4-6-17(9-15)27(25,26)22-3/h4-9,12,22H,11H2,1-3H3,(H,23,24). The number of sulfonamides is 1. The lowest BCUT2D eigenvalue weighted by molar-refractivity contribution is 0.588. The quantitative estimate of drug-likeness (QED) is 0.708. The monoisotopic (exact) mass is 380 g/mol. The molecule has 0 spiro atoms. The van der Waals surface area contributed by atoms with Crippen LogP contribution in [0.1, 0.15) is 22.3 Å². The Hall–Kier alpha value is -2.95. The minimum absolute atomic E-state index is 0.205. The Labute approximate surface area is 158 Å². The molecule has 1 aromatic heterocycles. The summed E-state index contributed by atoms with van der Waals surface area (Å²) in [5, 5.41) is 13.7. The predicted octanol–water partition coefficient (Wildman–Crippen LogP) is 3.24. The number of rotatable bonds is 5. The number of nitrogens with one attached hydrogen (secondary N) is 2. The van der Waals surface area contributed by atoms with Crippen molar-refractivity contribution in [1.29, 1.82) is 5.26 Å². The fraction of sp³-hybridized carbons (Fsp3) is 0.200. The third kappa shape index (κ3) is 3.77. The van der Waals surface area contributed by atoms with Gasteiger partial charge in [-0.05, 0) is 50.2 Å². The van der Waals surface area contributed by atoms with E-state index in [1.165, 1.54) is 7.05 Å². The van der Waals surface area contributed by atoms with Crippen LogP contribution >= 0.6 is 0 Å². The van der Waals surface area contributed by atoms with Crippen molar-refractivity contribution in [3.05, 3.63) is 64.8 Å². The fourth-order valence-corrected chi connectivity index (χ4v) is 3.87. The van der Waals surface area contributed by atoms with Crippen molar-refractivity contribution in [2.75, 3.05) is 12.4 Å². The van der Waals surface area contributed by atoms with Crippen molar-refractivity contribution < 1.29 is 8.42 Å². The van der Waals surface area contributed by atoms with Gasteiger partial charge in [0.15, 0.2) is 0 Å². The number of pyridine rings is 1. The molecule has 0 atom stereocenters. The van der Waals surface area contributed by atoms with E-state index in [0.29, 0.717) is 17.8 Å². The van der Waals surface area contributed by atoms with Crippen LogP contribution in [0.4, 0.5) is 5.69 Å². The smallest absolute Gasteiger partial charge is 0.240 e. The summed E-state index contributed by atoms with van der Waals surface area (Å²) >= 11 is 0. The van der Waals surface area contributed by atoms with Crippen molar-refractivity contribution in [1.82, 2.24) is 9.71 Å². The average molecular weight is 380 g/mol. The minimum Gasteiger partial charge on any atom is -0.379 e. The first-order valence-corrected chi connectivity index (χ1v) is 9.90. The lowest BCUT2D eigenvalue weighted by Crippen LogP contribution is -2.18. The zero-order chi connectivity index (χ0) is 19.6. The second kappa shape index (κ2) is 7.35. The molecule has 0 fully saturated rings. The molecule has 2 N–H and O–H groups in total. The molecule has 0 aliphatic heterocycles. The number of hydrogen-bond donors (Lipinski definition) is 2. The third-order valence-corrected chi connectivity index (χ3v) is 5.79. The van der Waals surface area contributed by atoms with Gasteiger partial charge in [0.1, 0.15) is 6.07 Å². The minimum atomic E-state index is -3.50. The van der Waals surface area contributed by atoms with Crippen molar-refractivity contribution in [2.45, 2.75) is 25.3 Å². The predicted molar refractivity (Wildman–Crippen MR) is 106 cm³/mol. The largest absolute Gasteiger partial charge is 0.379 e. The van der Waals surface area contributed by atoms with Crippen LogP contribution in [0.5, 0.6) is 0 Å². The van der Waals surface area contributed by atoms with E-state index in [1.807, 2.05) is 26.0 Å². The number of aryl methyl sites for hydroxylation is 2. The van der Waals surface area contributed by atoms with Gasteiger partial charge in [0.05, 0.1) is 21.7 Å². The molecule has 0 saturated carbocycles. The summed E-state index contributed by atoms with van der Waals surface area (Å²) < 4.78 is 26.3. The first-order chi connectivity index (χ1) is 12.9. The molecule has 0 unspecified atom stereocenters. The topological polar surface area (TPSA) is 94.9 Å². The Morgan fingerprint density at radius 1 is 1.19 bits per heavy atom. The van der Waals surface area contributed by atoms with Gasteiger partial charge >= 0.3 is 0 Å². The van der Waals surface area contributed by atoms with E-state index < -0.39 is 10.0 Å². The summed E-state index contributed by atoms with van der Waals surface area (Å²) in [7, 11) is -2.12. The summed E-state index contributed by atoms with van der Waals surface area (Å²) in [4.78, 5) is 4.62. The molecule has 2 aromatic carbocycles. The second-order valence-electron chi connectivity index (χ2n) is 6.35. The number of fused-ring (bicyclic) bond motifs is 1. The Morgan fingerprint density at radius 2 is 1.96 bits per heavy atom. The maximum Gasteiger partial charge on any atom is 0.240 e. The molecular formula is C20H20N4O2S. The zero-order valence-electron chi connectivity index (χ0n) is 15.4. The summed E-state index contributed by atoms with van der Waals surface area (Å²) in [5.74, 6) is 0. The van der Waals surface area contributed by atoms with Crippen LogP contribution in [-0.4, -0.2) is 20.4 Å². The van der Waals surface area contributed by atoms with Crippen molar-refractivity contribution in [3.8, 4) is 6.07 Å². The molecule has 0 bridgehead atoms. The molecule has 0 amide bonds. The lowest BCUT2D eigenvalue weighted by atomic mass is 10.0. The van der Waals surface area contributed by atoms with Crippen molar-refractivity contribution in [3.63, 3.8) is 0 Å². The number of anilines is 1. The summed E-state index contributed by atoms with van der Waals surface area (Å²) in [5.41, 5.74) is 4.92. The Bertz CT molecular complexity index is 1160. The van der Waals surface area contributed by atoms with Crippen LogP contribution in [0.3, 0.4) is 0 Å². The molecule has 138 valence electrons. The highest BCUT2D eigenvalue weighted by Gasteiger charge is 2.13. The van der Waals surface area contributed by atoms with Gasteiger partial charge in [-0.1, -0.05) is 23.8 Å². The highest BCUT2D eigenvalue weighted by Crippen LogP contribution is 2.29. The lowest BCUT2D eigenvalue weighted by Gasteiger charge is -2.14. The van der Waals surface area contributed by atoms with Gasteiger partial charge in [-0.25, -0.2) is 13.1 Å². The Kier molecular flexibility index (Phi) is 5.13. The number of benzene rings is 2. The maximum atomic E-state index is 12.0. The van der Waals surface area contributed by atoms with Crippen molar-refractivity contribution in [2.24, 2.45) is 0 Å². The molecule has 0 saturated heterocycles. The van der Waals surface area contributed by atoms with Crippen LogP contribution in [0, 0.1) is 25.2 Å². The molecule has 0 aliphatic rings. The van der Waals surface area contributed by atoms with Gasteiger partial charge in [-0.2, -0.15) is 5.26 Å². The zero-order valence-corrected chi connectivity index (χ0v) is 16.2. The fourth-order valence-electron chi connectivity index (χ4n) is 3.07. The van der Waals surface area contributed by atoms with Crippen LogP contribution in [-0.2, 0) is 16.6 Å². The molecule has 7 heteroatoms. The van der Waals surface area contributed by atoms with Gasteiger partial charge in [-0.3, -0.25) is 4.98 Å². The van der Waals surface area contributed by atoms with E-state index in [0.717, 1.165) is 27.6 Å². The first-order valence-electron chi connectivity index (χ1n) is 8.42. The summed E-state index contributed by atoms with van der Waals surface area (Å²) in [6, 6.07) is 12.9. The van der Waals surface area contributed by atoms with Crippen molar-refractivity contribution >= 4 is 26.6 Å².